The molecule has 2 aromatic carbocycles. The lowest BCUT2D eigenvalue weighted by molar-refractivity contribution is -0.147. The molecule has 3 aliphatic carbocycles. The Balaban J connectivity index is 1.75. The average molecular weight is 519 g/mol. The summed E-state index contributed by atoms with van der Waals surface area (Å²) >= 11 is 0. The van der Waals surface area contributed by atoms with Gasteiger partial charge in [-0.1, -0.05) is 18.2 Å². The highest BCUT2D eigenvalue weighted by Gasteiger charge is 2.60. The molecule has 6 N–H and O–H groups in total. The smallest absolute Gasteiger partial charge is 0.255 e. The van der Waals surface area contributed by atoms with Gasteiger partial charge in [0, 0.05) is 48.8 Å². The molecule has 2 aromatic rings. The first-order valence-electron chi connectivity index (χ1n) is 12.0. The molecular weight excluding hydrogens is 492 g/mol. The molecule has 1 fully saturated rings. The van der Waals surface area contributed by atoms with E-state index in [0.717, 1.165) is 0 Å². The van der Waals surface area contributed by atoms with Crippen molar-refractivity contribution in [2.45, 2.75) is 24.9 Å². The molecule has 0 aromatic heterocycles. The zero-order valence-corrected chi connectivity index (χ0v) is 20.7. The van der Waals surface area contributed by atoms with E-state index in [1.54, 1.807) is 49.3 Å². The van der Waals surface area contributed by atoms with Gasteiger partial charge in [0.2, 0.25) is 5.78 Å². The Bertz CT molecular complexity index is 1520. The Kier molecular flexibility index (Phi) is 5.68. The number of hydrogen-bond donors (Lipinski definition) is 5. The van der Waals surface area contributed by atoms with Gasteiger partial charge in [0.15, 0.2) is 11.4 Å². The largest absolute Gasteiger partial charge is 0.508 e. The molecule has 10 nitrogen and oxygen atoms in total. The Labute approximate surface area is 217 Å². The molecule has 1 saturated carbocycles. The third-order valence-corrected chi connectivity index (χ3v) is 7.86. The number of primary amides is 1. The zero-order valence-electron chi connectivity index (χ0n) is 20.7. The lowest BCUT2D eigenvalue weighted by atomic mass is 9.59. The average Bonchev–Trinajstić information content (AvgIpc) is 2.86. The van der Waals surface area contributed by atoms with Gasteiger partial charge in [0.25, 0.3) is 5.91 Å². The van der Waals surface area contributed by atoms with Crippen molar-refractivity contribution >= 4 is 35.2 Å². The number of phenolic OH excluding ortho intramolecular Hbond substituents is 1. The summed E-state index contributed by atoms with van der Waals surface area (Å²) in [4.78, 5) is 51.2. The third-order valence-electron chi connectivity index (χ3n) is 7.86. The number of Topliss-reactive ketones (excluding diaryl/α,β-unsaturated/α-hetero) is 2. The van der Waals surface area contributed by atoms with Crippen LogP contribution in [-0.4, -0.2) is 63.9 Å². The summed E-state index contributed by atoms with van der Waals surface area (Å²) in [7, 11) is 3.57. The second-order valence-corrected chi connectivity index (χ2v) is 10.2. The molecule has 5 rings (SSSR count). The molecule has 1 amide bonds. The van der Waals surface area contributed by atoms with Gasteiger partial charge >= 0.3 is 0 Å². The van der Waals surface area contributed by atoms with Crippen LogP contribution in [0, 0.1) is 11.8 Å². The van der Waals surface area contributed by atoms with E-state index >= 15 is 0 Å². The van der Waals surface area contributed by atoms with E-state index in [9.17, 15) is 39.6 Å². The number of aromatic hydroxyl groups is 1. The standard InChI is InChI=1S/C28H26N2O8/c1-30(2)18-10-16(13-5-3-4-12(6-13)11-31)23(33)21-17(18)8-14-7-15-9-19(32)22(27(29)37)26(36)28(15,38)25(35)20(14)24(21)34/h3-6,10-11,14-15,33-34,36,38H,7-9H2,1-2H3,(H2,29,37)/t14-,15+,28+/m1/s1. The maximum atomic E-state index is 13.7. The fourth-order valence-electron chi connectivity index (χ4n) is 6.07. The molecule has 10 heteroatoms. The molecule has 0 bridgehead atoms. The number of aliphatic hydroxyl groups excluding tert-OH is 2. The number of phenols is 1. The third kappa shape index (κ3) is 3.37. The van der Waals surface area contributed by atoms with Gasteiger partial charge in [-0.05, 0) is 42.0 Å². The monoisotopic (exact) mass is 518 g/mol. The topological polar surface area (TPSA) is 178 Å². The van der Waals surface area contributed by atoms with Crippen molar-refractivity contribution in [3.8, 4) is 16.9 Å². The van der Waals surface area contributed by atoms with Crippen LogP contribution in [0.4, 0.5) is 5.69 Å². The molecule has 38 heavy (non-hydrogen) atoms. The van der Waals surface area contributed by atoms with Crippen molar-refractivity contribution < 1.29 is 39.6 Å². The molecule has 196 valence electrons. The van der Waals surface area contributed by atoms with Gasteiger partial charge in [-0.3, -0.25) is 19.2 Å². The van der Waals surface area contributed by atoms with Crippen LogP contribution in [0.15, 0.2) is 47.2 Å². The Morgan fingerprint density at radius 3 is 2.47 bits per heavy atom. The summed E-state index contributed by atoms with van der Waals surface area (Å²) < 4.78 is 0. The second-order valence-electron chi connectivity index (χ2n) is 10.2. The van der Waals surface area contributed by atoms with Crippen molar-refractivity contribution in [2.75, 3.05) is 19.0 Å². The van der Waals surface area contributed by atoms with Crippen molar-refractivity contribution in [1.82, 2.24) is 0 Å². The first kappa shape index (κ1) is 25.2. The predicted molar refractivity (Wildman–Crippen MR) is 137 cm³/mol. The van der Waals surface area contributed by atoms with E-state index in [4.69, 9.17) is 5.73 Å². The molecule has 0 spiro atoms. The summed E-state index contributed by atoms with van der Waals surface area (Å²) in [6.45, 7) is 0. The number of carbonyl (C=O) groups excluding carboxylic acids is 4. The van der Waals surface area contributed by atoms with Crippen LogP contribution in [0.2, 0.25) is 0 Å². The van der Waals surface area contributed by atoms with Crippen molar-refractivity contribution in [2.24, 2.45) is 17.6 Å². The van der Waals surface area contributed by atoms with Gasteiger partial charge in [0.1, 0.15) is 29.1 Å². The SMILES string of the molecule is CN(C)c1cc(-c2cccc(C=O)c2)c(O)c2c1C[C@H]1C[C@H]3CC(=O)C(C(N)=O)=C(O)[C@@]3(O)C(=O)C1=C2O. The summed E-state index contributed by atoms with van der Waals surface area (Å²) in [5.74, 6) is -6.74. The fourth-order valence-corrected chi connectivity index (χ4v) is 6.07. The van der Waals surface area contributed by atoms with E-state index in [1.807, 2.05) is 0 Å². The number of rotatable bonds is 4. The molecule has 0 saturated heterocycles. The van der Waals surface area contributed by atoms with Crippen LogP contribution in [0.25, 0.3) is 16.9 Å². The van der Waals surface area contributed by atoms with Crippen LogP contribution in [0.1, 0.15) is 34.3 Å². The number of amides is 1. The van der Waals surface area contributed by atoms with Crippen molar-refractivity contribution in [3.63, 3.8) is 0 Å². The maximum Gasteiger partial charge on any atom is 0.255 e. The first-order chi connectivity index (χ1) is 17.9. The maximum absolute atomic E-state index is 13.7. The molecule has 0 heterocycles. The van der Waals surface area contributed by atoms with E-state index in [-0.39, 0.29) is 36.1 Å². The van der Waals surface area contributed by atoms with E-state index in [0.29, 0.717) is 34.2 Å². The second kappa shape index (κ2) is 8.56. The number of nitrogens with two attached hydrogens (primary N) is 1. The number of aldehydes is 1. The zero-order chi connectivity index (χ0) is 27.7. The van der Waals surface area contributed by atoms with Gasteiger partial charge in [-0.15, -0.1) is 0 Å². The number of anilines is 1. The number of ketones is 2. The molecule has 0 unspecified atom stereocenters. The molecule has 0 radical (unpaired) electrons. The molecular formula is C28H26N2O8. The number of benzene rings is 2. The summed E-state index contributed by atoms with van der Waals surface area (Å²) in [6.07, 6.45) is 0.548. The molecule has 0 aliphatic heterocycles. The van der Waals surface area contributed by atoms with Crippen LogP contribution >= 0.6 is 0 Å². The Morgan fingerprint density at radius 2 is 1.84 bits per heavy atom. The van der Waals surface area contributed by atoms with Crippen LogP contribution in [-0.2, 0) is 20.8 Å². The minimum atomic E-state index is -2.62. The molecule has 3 aliphatic rings. The summed E-state index contributed by atoms with van der Waals surface area (Å²) in [6, 6.07) is 8.26. The molecule has 3 atom stereocenters. The first-order valence-corrected chi connectivity index (χ1v) is 12.0. The minimum absolute atomic E-state index is 0.00478. The van der Waals surface area contributed by atoms with Crippen LogP contribution in [0.3, 0.4) is 0 Å². The Morgan fingerprint density at radius 1 is 1.13 bits per heavy atom. The van der Waals surface area contributed by atoms with Crippen molar-refractivity contribution in [1.29, 1.82) is 0 Å². The predicted octanol–water partition coefficient (Wildman–Crippen LogP) is 1.97. The quantitative estimate of drug-likeness (QED) is 0.299. The normalized spacial score (nSPS) is 24.5. The van der Waals surface area contributed by atoms with E-state index in [2.05, 4.69) is 0 Å². The number of nitrogens with zero attached hydrogens (tertiary/aromatic N) is 1. The lowest BCUT2D eigenvalue weighted by Gasteiger charge is -2.46. The number of hydrogen-bond acceptors (Lipinski definition) is 9. The minimum Gasteiger partial charge on any atom is -0.508 e. The van der Waals surface area contributed by atoms with Gasteiger partial charge in [-0.2, -0.15) is 0 Å². The van der Waals surface area contributed by atoms with Gasteiger partial charge in [-0.25, -0.2) is 0 Å². The van der Waals surface area contributed by atoms with Crippen LogP contribution in [0.5, 0.6) is 5.75 Å². The summed E-state index contributed by atoms with van der Waals surface area (Å²) in [5.41, 5.74) is 3.98. The summed E-state index contributed by atoms with van der Waals surface area (Å²) in [5, 5.41) is 44.9. The highest BCUT2D eigenvalue weighted by molar-refractivity contribution is 6.22. The number of fused-ring (bicyclic) bond motifs is 3. The number of carbonyl (C=O) groups is 4. The lowest BCUT2D eigenvalue weighted by Crippen LogP contribution is -2.58. The van der Waals surface area contributed by atoms with Crippen LogP contribution < -0.4 is 10.6 Å². The van der Waals surface area contributed by atoms with Crippen molar-refractivity contribution in [3.05, 3.63) is 63.9 Å². The van der Waals surface area contributed by atoms with Gasteiger partial charge < -0.3 is 31.1 Å². The Hall–Kier alpha value is -4.44. The fraction of sp³-hybridized carbons (Fsp3) is 0.286. The number of aliphatic hydroxyl groups is 3. The van der Waals surface area contributed by atoms with E-state index in [1.165, 1.54) is 0 Å². The van der Waals surface area contributed by atoms with Gasteiger partial charge in [0.05, 0.1) is 5.56 Å². The highest BCUT2D eigenvalue weighted by atomic mass is 16.3. The van der Waals surface area contributed by atoms with E-state index < -0.39 is 52.0 Å². The highest BCUT2D eigenvalue weighted by Crippen LogP contribution is 2.54.